The van der Waals surface area contributed by atoms with E-state index < -0.39 is 35.8 Å². The summed E-state index contributed by atoms with van der Waals surface area (Å²) in [7, 11) is 0. The molecule has 0 atom stereocenters. The molecule has 4 rings (SSSR count). The molecule has 0 unspecified atom stereocenters. The van der Waals surface area contributed by atoms with Gasteiger partial charge in [0.25, 0.3) is 5.91 Å². The first-order valence-electron chi connectivity index (χ1n) is 8.68. The van der Waals surface area contributed by atoms with Crippen LogP contribution in [0.1, 0.15) is 24.3 Å². The molecule has 3 nitrogen and oxygen atoms in total. The Morgan fingerprint density at radius 3 is 2.36 bits per heavy atom. The summed E-state index contributed by atoms with van der Waals surface area (Å²) < 4.78 is 66.2. The fourth-order valence-electron chi connectivity index (χ4n) is 3.74. The van der Waals surface area contributed by atoms with Gasteiger partial charge in [-0.1, -0.05) is 0 Å². The van der Waals surface area contributed by atoms with Crippen LogP contribution in [0.25, 0.3) is 22.2 Å². The molecule has 0 aliphatic heterocycles. The van der Waals surface area contributed by atoms with E-state index in [9.17, 15) is 26.7 Å². The Bertz CT molecular complexity index is 1040. The summed E-state index contributed by atoms with van der Waals surface area (Å²) in [6.45, 7) is 0. The zero-order valence-corrected chi connectivity index (χ0v) is 14.4. The maximum Gasteiger partial charge on any atom is 0.315 e. The summed E-state index contributed by atoms with van der Waals surface area (Å²) in [5.41, 5.74) is 1.86. The normalized spacial score (nSPS) is 19.1. The first-order chi connectivity index (χ1) is 13.3. The Morgan fingerprint density at radius 1 is 1.04 bits per heavy atom. The average Bonchev–Trinajstić information content (AvgIpc) is 2.97. The highest BCUT2D eigenvalue weighted by molar-refractivity contribution is 5.92. The maximum absolute atomic E-state index is 14.3. The van der Waals surface area contributed by atoms with Crippen LogP contribution >= 0.6 is 0 Å². The van der Waals surface area contributed by atoms with Crippen molar-refractivity contribution in [2.75, 3.05) is 0 Å². The second-order valence-electron chi connectivity index (χ2n) is 6.91. The smallest absolute Gasteiger partial charge is 0.315 e. The van der Waals surface area contributed by atoms with Crippen LogP contribution in [-0.2, 0) is 4.79 Å². The van der Waals surface area contributed by atoms with Gasteiger partial charge in [-0.2, -0.15) is 8.78 Å². The van der Waals surface area contributed by atoms with Gasteiger partial charge < -0.3 is 10.3 Å². The SMILES string of the molecule is O=C(N[C@H]1C[C@H](c2c(-c3ccc(F)cc3)[nH]c3c(F)cc(F)cc32)C1)C(F)F. The Labute approximate surface area is 156 Å². The minimum Gasteiger partial charge on any atom is -0.352 e. The van der Waals surface area contributed by atoms with E-state index in [0.29, 0.717) is 35.0 Å². The van der Waals surface area contributed by atoms with Gasteiger partial charge in [0.2, 0.25) is 0 Å². The minimum atomic E-state index is -3.09. The van der Waals surface area contributed by atoms with Gasteiger partial charge in [0.1, 0.15) is 17.5 Å². The van der Waals surface area contributed by atoms with Crippen LogP contribution < -0.4 is 5.32 Å². The van der Waals surface area contributed by atoms with Gasteiger partial charge in [-0.15, -0.1) is 0 Å². The zero-order valence-electron chi connectivity index (χ0n) is 14.4. The number of fused-ring (bicyclic) bond motifs is 1. The molecule has 8 heteroatoms. The fraction of sp³-hybridized carbons (Fsp3) is 0.250. The summed E-state index contributed by atoms with van der Waals surface area (Å²) in [5, 5.41) is 2.60. The molecule has 0 spiro atoms. The predicted molar refractivity (Wildman–Crippen MR) is 93.5 cm³/mol. The lowest BCUT2D eigenvalue weighted by Gasteiger charge is -2.36. The van der Waals surface area contributed by atoms with E-state index in [1.54, 1.807) is 0 Å². The van der Waals surface area contributed by atoms with E-state index in [-0.39, 0.29) is 11.4 Å². The largest absolute Gasteiger partial charge is 0.352 e. The summed E-state index contributed by atoms with van der Waals surface area (Å²) in [6.07, 6.45) is -2.37. The number of hydrogen-bond acceptors (Lipinski definition) is 1. The minimum absolute atomic E-state index is 0.121. The van der Waals surface area contributed by atoms with Gasteiger partial charge in [0, 0.05) is 17.5 Å². The predicted octanol–water partition coefficient (Wildman–Crippen LogP) is 4.88. The summed E-state index contributed by atoms with van der Waals surface area (Å²) in [6, 6.07) is 7.10. The number of H-pyrrole nitrogens is 1. The van der Waals surface area contributed by atoms with Crippen molar-refractivity contribution in [3.8, 4) is 11.3 Å². The lowest BCUT2D eigenvalue weighted by Crippen LogP contribution is -2.45. The van der Waals surface area contributed by atoms with Crippen LogP contribution in [0.15, 0.2) is 36.4 Å². The molecule has 1 heterocycles. The standard InChI is InChI=1S/C20H15F5N2O/c21-11-3-1-9(2-4-11)17-16(10-5-13(6-10)26-20(28)19(24)25)14-7-12(22)8-15(23)18(14)27-17/h1-4,7-8,10,13,19,27H,5-6H2,(H,26,28)/t10-,13-. The molecule has 1 saturated carbocycles. The first-order valence-corrected chi connectivity index (χ1v) is 8.68. The highest BCUT2D eigenvalue weighted by Crippen LogP contribution is 2.45. The molecule has 1 amide bonds. The number of nitrogens with one attached hydrogen (secondary N) is 2. The van der Waals surface area contributed by atoms with Gasteiger partial charge in [0.05, 0.1) is 11.2 Å². The molecule has 1 fully saturated rings. The Kier molecular flexibility index (Phi) is 4.56. The van der Waals surface area contributed by atoms with Crippen molar-refractivity contribution in [1.29, 1.82) is 0 Å². The van der Waals surface area contributed by atoms with E-state index in [4.69, 9.17) is 0 Å². The van der Waals surface area contributed by atoms with Crippen molar-refractivity contribution < 1.29 is 26.7 Å². The quantitative estimate of drug-likeness (QED) is 0.609. The number of rotatable bonds is 4. The summed E-state index contributed by atoms with van der Waals surface area (Å²) >= 11 is 0. The number of aromatic nitrogens is 1. The molecule has 1 aliphatic rings. The molecule has 2 N–H and O–H groups in total. The molecule has 28 heavy (non-hydrogen) atoms. The summed E-state index contributed by atoms with van der Waals surface area (Å²) in [5.74, 6) is -3.46. The van der Waals surface area contributed by atoms with E-state index in [1.807, 2.05) is 0 Å². The van der Waals surface area contributed by atoms with Crippen molar-refractivity contribution in [2.45, 2.75) is 31.2 Å². The van der Waals surface area contributed by atoms with Gasteiger partial charge in [-0.3, -0.25) is 4.79 Å². The molecule has 0 saturated heterocycles. The van der Waals surface area contributed by atoms with Crippen LogP contribution in [0.3, 0.4) is 0 Å². The van der Waals surface area contributed by atoms with E-state index >= 15 is 0 Å². The van der Waals surface area contributed by atoms with Gasteiger partial charge >= 0.3 is 6.43 Å². The number of carbonyl (C=O) groups excluding carboxylic acids is 1. The third kappa shape index (κ3) is 3.23. The van der Waals surface area contributed by atoms with Crippen molar-refractivity contribution in [3.05, 3.63) is 59.4 Å². The van der Waals surface area contributed by atoms with Crippen molar-refractivity contribution in [1.82, 2.24) is 10.3 Å². The Morgan fingerprint density at radius 2 is 1.71 bits per heavy atom. The van der Waals surface area contributed by atoms with Gasteiger partial charge in [-0.05, 0) is 60.2 Å². The van der Waals surface area contributed by atoms with Gasteiger partial charge in [0.15, 0.2) is 0 Å². The Hall–Kier alpha value is -2.90. The average molecular weight is 394 g/mol. The van der Waals surface area contributed by atoms with Crippen LogP contribution in [0.2, 0.25) is 0 Å². The van der Waals surface area contributed by atoms with Crippen LogP contribution in [-0.4, -0.2) is 23.4 Å². The highest BCUT2D eigenvalue weighted by atomic mass is 19.3. The van der Waals surface area contributed by atoms with Crippen molar-refractivity contribution in [2.24, 2.45) is 0 Å². The number of benzene rings is 2. The first kappa shape index (κ1) is 18.5. The number of halogens is 5. The fourth-order valence-corrected chi connectivity index (χ4v) is 3.74. The van der Waals surface area contributed by atoms with Crippen molar-refractivity contribution in [3.63, 3.8) is 0 Å². The maximum atomic E-state index is 14.3. The van der Waals surface area contributed by atoms with Crippen LogP contribution in [0, 0.1) is 17.5 Å². The van der Waals surface area contributed by atoms with E-state index in [1.165, 1.54) is 30.3 Å². The Balaban J connectivity index is 1.73. The second-order valence-corrected chi connectivity index (χ2v) is 6.91. The number of aromatic amines is 1. The third-order valence-electron chi connectivity index (χ3n) is 5.09. The molecule has 1 aromatic heterocycles. The zero-order chi connectivity index (χ0) is 20.0. The molecular weight excluding hydrogens is 379 g/mol. The topological polar surface area (TPSA) is 44.9 Å². The van der Waals surface area contributed by atoms with Crippen LogP contribution in [0.5, 0.6) is 0 Å². The lowest BCUT2D eigenvalue weighted by atomic mass is 9.74. The molecular formula is C20H15F5N2O. The molecule has 0 bridgehead atoms. The number of hydrogen-bond donors (Lipinski definition) is 2. The summed E-state index contributed by atoms with van der Waals surface area (Å²) in [4.78, 5) is 14.1. The number of carbonyl (C=O) groups is 1. The molecule has 2 aromatic carbocycles. The number of alkyl halides is 2. The number of amides is 1. The molecule has 146 valence electrons. The monoisotopic (exact) mass is 394 g/mol. The van der Waals surface area contributed by atoms with Crippen LogP contribution in [0.4, 0.5) is 22.0 Å². The molecule has 3 aromatic rings. The second kappa shape index (κ2) is 6.92. The molecule has 0 radical (unpaired) electrons. The van der Waals surface area contributed by atoms with E-state index in [2.05, 4.69) is 10.3 Å². The molecule has 1 aliphatic carbocycles. The van der Waals surface area contributed by atoms with Gasteiger partial charge in [-0.25, -0.2) is 13.2 Å². The third-order valence-corrected chi connectivity index (χ3v) is 5.09. The van der Waals surface area contributed by atoms with E-state index in [0.717, 1.165) is 6.07 Å². The van der Waals surface area contributed by atoms with Crippen molar-refractivity contribution >= 4 is 16.8 Å². The highest BCUT2D eigenvalue weighted by Gasteiger charge is 2.36. The lowest BCUT2D eigenvalue weighted by molar-refractivity contribution is -0.133.